The Labute approximate surface area is 239 Å². The molecule has 0 aliphatic carbocycles. The van der Waals surface area contributed by atoms with Gasteiger partial charge in [0.15, 0.2) is 12.4 Å². The number of para-hydroxylation sites is 1. The van der Waals surface area contributed by atoms with Crippen molar-refractivity contribution in [2.24, 2.45) is 0 Å². The molecule has 0 radical (unpaired) electrons. The molecule has 8 nitrogen and oxygen atoms in total. The number of rotatable bonds is 9. The molecule has 200 valence electrons. The van der Waals surface area contributed by atoms with Gasteiger partial charge in [-0.2, -0.15) is 5.21 Å². The highest BCUT2D eigenvalue weighted by Crippen LogP contribution is 2.34. The lowest BCUT2D eigenvalue weighted by atomic mass is 10.0. The van der Waals surface area contributed by atoms with Crippen LogP contribution in [0, 0.1) is 0 Å². The van der Waals surface area contributed by atoms with Gasteiger partial charge in [0.25, 0.3) is 5.91 Å². The molecule has 0 saturated heterocycles. The number of fused-ring (bicyclic) bond motifs is 2. The summed E-state index contributed by atoms with van der Waals surface area (Å²) in [5.74, 6) is 1.44. The maximum atomic E-state index is 13.7. The fraction of sp³-hybridized carbons (Fsp3) is 0.161. The number of benzene rings is 4. The molecule has 4 aromatic carbocycles. The first-order valence-corrected chi connectivity index (χ1v) is 13.7. The van der Waals surface area contributed by atoms with Crippen LogP contribution in [-0.4, -0.2) is 38.5 Å². The number of nitrogens with one attached hydrogen (secondary N) is 1. The first-order chi connectivity index (χ1) is 19.6. The van der Waals surface area contributed by atoms with Crippen LogP contribution in [-0.2, 0) is 26.0 Å². The monoisotopic (exact) mass is 595 g/mol. The van der Waals surface area contributed by atoms with Crippen LogP contribution < -0.4 is 4.74 Å². The second kappa shape index (κ2) is 11.3. The van der Waals surface area contributed by atoms with E-state index in [-0.39, 0.29) is 12.5 Å². The molecule has 2 heterocycles. The van der Waals surface area contributed by atoms with Crippen LogP contribution in [0.1, 0.15) is 33.1 Å². The lowest BCUT2D eigenvalue weighted by Crippen LogP contribution is -2.26. The van der Waals surface area contributed by atoms with E-state index in [0.29, 0.717) is 23.9 Å². The number of aryl methyl sites for hydroxylation is 2. The van der Waals surface area contributed by atoms with Gasteiger partial charge in [-0.1, -0.05) is 71.9 Å². The quantitative estimate of drug-likeness (QED) is 0.205. The van der Waals surface area contributed by atoms with Gasteiger partial charge < -0.3 is 14.1 Å². The van der Waals surface area contributed by atoms with E-state index in [9.17, 15) is 4.79 Å². The summed E-state index contributed by atoms with van der Waals surface area (Å²) < 4.78 is 12.8. The van der Waals surface area contributed by atoms with Crippen molar-refractivity contribution in [3.8, 4) is 5.75 Å². The molecule has 0 unspecified atom stereocenters. The summed E-state index contributed by atoms with van der Waals surface area (Å²) in [7, 11) is 1.81. The molecule has 9 heteroatoms. The van der Waals surface area contributed by atoms with Gasteiger partial charge in [0, 0.05) is 24.5 Å². The van der Waals surface area contributed by atoms with E-state index in [0.717, 1.165) is 50.2 Å². The molecule has 6 aromatic rings. The average molecular weight is 596 g/mol. The predicted molar refractivity (Wildman–Crippen MR) is 156 cm³/mol. The number of halogens is 1. The number of amides is 1. The number of ether oxygens (including phenoxy) is 1. The van der Waals surface area contributed by atoms with Crippen molar-refractivity contribution < 1.29 is 13.9 Å². The second-order valence-corrected chi connectivity index (χ2v) is 10.4. The van der Waals surface area contributed by atoms with Crippen molar-refractivity contribution in [1.29, 1.82) is 0 Å². The lowest BCUT2D eigenvalue weighted by molar-refractivity contribution is 0.0754. The maximum Gasteiger partial charge on any atom is 0.289 e. The molecular formula is C31H26BrN5O3. The van der Waals surface area contributed by atoms with E-state index < -0.39 is 0 Å². The third-order valence-corrected chi connectivity index (χ3v) is 7.71. The van der Waals surface area contributed by atoms with Crippen molar-refractivity contribution in [3.05, 3.63) is 118 Å². The predicted octanol–water partition coefficient (Wildman–Crippen LogP) is 6.50. The number of carbonyl (C=O) groups is 1. The van der Waals surface area contributed by atoms with E-state index in [4.69, 9.17) is 9.15 Å². The summed E-state index contributed by atoms with van der Waals surface area (Å²) in [6.45, 7) is 0.651. The topological polar surface area (TPSA) is 97.1 Å². The van der Waals surface area contributed by atoms with Gasteiger partial charge in [-0.3, -0.25) is 4.79 Å². The van der Waals surface area contributed by atoms with Crippen LogP contribution in [0.4, 0.5) is 0 Å². The van der Waals surface area contributed by atoms with Gasteiger partial charge in [-0.05, 0) is 68.9 Å². The number of aromatic amines is 1. The van der Waals surface area contributed by atoms with Gasteiger partial charge in [0.05, 0.1) is 4.47 Å². The van der Waals surface area contributed by atoms with Crippen molar-refractivity contribution in [2.75, 3.05) is 7.05 Å². The van der Waals surface area contributed by atoms with E-state index in [1.54, 1.807) is 4.90 Å². The van der Waals surface area contributed by atoms with E-state index in [1.165, 1.54) is 5.56 Å². The average Bonchev–Trinajstić information content (AvgIpc) is 3.64. The van der Waals surface area contributed by atoms with Gasteiger partial charge in [0.1, 0.15) is 11.3 Å². The first-order valence-electron chi connectivity index (χ1n) is 12.9. The molecule has 0 saturated carbocycles. The van der Waals surface area contributed by atoms with Gasteiger partial charge in [0.2, 0.25) is 5.82 Å². The van der Waals surface area contributed by atoms with Crippen LogP contribution in [0.15, 0.2) is 93.8 Å². The highest BCUT2D eigenvalue weighted by atomic mass is 79.9. The second-order valence-electron chi connectivity index (χ2n) is 9.60. The van der Waals surface area contributed by atoms with Crippen LogP contribution in [0.2, 0.25) is 0 Å². The Bertz CT molecular complexity index is 1780. The molecule has 1 N–H and O–H groups in total. The summed E-state index contributed by atoms with van der Waals surface area (Å²) >= 11 is 3.67. The third-order valence-electron chi connectivity index (χ3n) is 6.89. The number of hydrogen-bond donors (Lipinski definition) is 1. The molecule has 0 fully saturated rings. The molecule has 6 rings (SSSR count). The minimum absolute atomic E-state index is 0.134. The summed E-state index contributed by atoms with van der Waals surface area (Å²) in [6, 6.07) is 28.2. The molecule has 2 aromatic heterocycles. The Morgan fingerprint density at radius 2 is 1.77 bits per heavy atom. The van der Waals surface area contributed by atoms with Crippen LogP contribution in [0.3, 0.4) is 0 Å². The van der Waals surface area contributed by atoms with Crippen molar-refractivity contribution in [2.45, 2.75) is 26.0 Å². The SMILES string of the molecule is CN(Cc1ccc2c(Br)c(OCc3nn[nH]n3)ccc2c1)C(=O)c1oc2ccccc2c1CCc1ccccc1. The van der Waals surface area contributed by atoms with Gasteiger partial charge in [-0.15, -0.1) is 10.2 Å². The Morgan fingerprint density at radius 3 is 2.60 bits per heavy atom. The number of tetrazole rings is 1. The molecule has 0 spiro atoms. The minimum atomic E-state index is -0.134. The standard InChI is InChI=1S/C31H26BrN5O3/c1-37(18-21-12-14-23-22(17-21)13-16-27(29(23)32)39-19-28-33-35-36-34-28)31(38)30-25(15-11-20-7-3-2-4-8-20)24-9-5-6-10-26(24)40-30/h2-10,12-14,16-17H,11,15,18-19H2,1H3,(H,33,34,35,36). The first kappa shape index (κ1) is 25.8. The van der Waals surface area contributed by atoms with E-state index in [1.807, 2.05) is 73.8 Å². The molecule has 0 aliphatic heterocycles. The number of aromatic nitrogens is 4. The number of hydrogen-bond acceptors (Lipinski definition) is 6. The van der Waals surface area contributed by atoms with Crippen molar-refractivity contribution >= 4 is 43.6 Å². The van der Waals surface area contributed by atoms with Crippen molar-refractivity contribution in [3.63, 3.8) is 0 Å². The highest BCUT2D eigenvalue weighted by molar-refractivity contribution is 9.10. The van der Waals surface area contributed by atoms with Crippen LogP contribution >= 0.6 is 15.9 Å². The zero-order chi connectivity index (χ0) is 27.5. The van der Waals surface area contributed by atoms with Crippen LogP contribution in [0.5, 0.6) is 5.75 Å². The third kappa shape index (κ3) is 5.33. The number of carbonyl (C=O) groups excluding carboxylic acids is 1. The minimum Gasteiger partial charge on any atom is -0.484 e. The summed E-state index contributed by atoms with van der Waals surface area (Å²) in [5.41, 5.74) is 3.92. The molecular weight excluding hydrogens is 570 g/mol. The molecule has 0 aliphatic rings. The Balaban J connectivity index is 1.21. The van der Waals surface area contributed by atoms with Gasteiger partial charge >= 0.3 is 0 Å². The summed E-state index contributed by atoms with van der Waals surface area (Å²) in [4.78, 5) is 15.4. The number of furan rings is 1. The number of nitrogens with zero attached hydrogens (tertiary/aromatic N) is 4. The summed E-state index contributed by atoms with van der Waals surface area (Å²) in [6.07, 6.45) is 1.55. The zero-order valence-corrected chi connectivity index (χ0v) is 23.4. The lowest BCUT2D eigenvalue weighted by Gasteiger charge is -2.18. The summed E-state index contributed by atoms with van der Waals surface area (Å²) in [5, 5.41) is 16.8. The zero-order valence-electron chi connectivity index (χ0n) is 21.8. The number of H-pyrrole nitrogens is 1. The normalized spacial score (nSPS) is 11.2. The van der Waals surface area contributed by atoms with E-state index in [2.05, 4.69) is 54.8 Å². The molecule has 0 atom stereocenters. The molecule has 0 bridgehead atoms. The van der Waals surface area contributed by atoms with Crippen LogP contribution in [0.25, 0.3) is 21.7 Å². The fourth-order valence-electron chi connectivity index (χ4n) is 4.87. The Morgan fingerprint density at radius 1 is 0.950 bits per heavy atom. The maximum absolute atomic E-state index is 13.7. The Kier molecular flexibility index (Phi) is 7.29. The largest absolute Gasteiger partial charge is 0.484 e. The fourth-order valence-corrected chi connectivity index (χ4v) is 5.48. The molecule has 1 amide bonds. The highest BCUT2D eigenvalue weighted by Gasteiger charge is 2.23. The van der Waals surface area contributed by atoms with Crippen molar-refractivity contribution in [1.82, 2.24) is 25.5 Å². The van der Waals surface area contributed by atoms with E-state index >= 15 is 0 Å². The Hall–Kier alpha value is -4.50. The smallest absolute Gasteiger partial charge is 0.289 e. The molecule has 40 heavy (non-hydrogen) atoms. The van der Waals surface area contributed by atoms with Gasteiger partial charge in [-0.25, -0.2) is 0 Å².